The standard InChI is InChI=1S/C26H28ClN7O6/c1-2-3-8-22-28-24(27)23(26(35)39-15-13-38-14-16-40-34(36)37)33(22)17-18-9-11-19(12-10-18)20-6-4-5-7-21(20)25-29-31-32-30-25/h4-7,9-12H,2-3,8,13-17H2,1H3,(H,29,30,31,32). The van der Waals surface area contributed by atoms with Gasteiger partial charge in [0.1, 0.15) is 19.0 Å². The first-order chi connectivity index (χ1) is 19.5. The van der Waals surface area contributed by atoms with Crippen LogP contribution in [-0.2, 0) is 27.3 Å². The Morgan fingerprint density at radius 2 is 1.82 bits per heavy atom. The number of carbonyl (C=O) groups is 1. The lowest BCUT2D eigenvalue weighted by molar-refractivity contribution is -0.758. The van der Waals surface area contributed by atoms with Gasteiger partial charge in [-0.3, -0.25) is 0 Å². The molecule has 2 heterocycles. The number of rotatable bonds is 15. The van der Waals surface area contributed by atoms with E-state index < -0.39 is 11.1 Å². The highest BCUT2D eigenvalue weighted by atomic mass is 35.5. The Bertz CT molecular complexity index is 1410. The molecule has 4 rings (SSSR count). The maximum absolute atomic E-state index is 13.0. The van der Waals surface area contributed by atoms with Crippen molar-refractivity contribution in [3.8, 4) is 22.5 Å². The van der Waals surface area contributed by atoms with Gasteiger partial charge in [0.05, 0.1) is 13.2 Å². The Kier molecular flexibility index (Phi) is 10.1. The lowest BCUT2D eigenvalue weighted by atomic mass is 9.98. The van der Waals surface area contributed by atoms with E-state index >= 15 is 0 Å². The summed E-state index contributed by atoms with van der Waals surface area (Å²) >= 11 is 6.41. The topological polar surface area (TPSA) is 160 Å². The number of hydrogen-bond donors (Lipinski definition) is 1. The second-order valence-electron chi connectivity index (χ2n) is 8.64. The van der Waals surface area contributed by atoms with Crippen LogP contribution >= 0.6 is 11.6 Å². The van der Waals surface area contributed by atoms with E-state index in [0.29, 0.717) is 24.6 Å². The van der Waals surface area contributed by atoms with E-state index in [0.717, 1.165) is 35.1 Å². The van der Waals surface area contributed by atoms with E-state index in [1.165, 1.54) is 0 Å². The molecular formula is C26H28ClN7O6. The summed E-state index contributed by atoms with van der Waals surface area (Å²) in [6, 6.07) is 15.8. The van der Waals surface area contributed by atoms with Gasteiger partial charge in [-0.25, -0.2) is 9.78 Å². The van der Waals surface area contributed by atoms with E-state index in [1.54, 1.807) is 4.57 Å². The first kappa shape index (κ1) is 28.6. The molecule has 0 amide bonds. The third kappa shape index (κ3) is 7.39. The van der Waals surface area contributed by atoms with Crippen molar-refractivity contribution in [1.29, 1.82) is 0 Å². The number of imidazole rings is 1. The summed E-state index contributed by atoms with van der Waals surface area (Å²) in [6.07, 6.45) is 2.49. The largest absolute Gasteiger partial charge is 0.458 e. The predicted octanol–water partition coefficient (Wildman–Crippen LogP) is 4.16. The number of H-pyrrole nitrogens is 1. The first-order valence-corrected chi connectivity index (χ1v) is 13.0. The van der Waals surface area contributed by atoms with E-state index in [2.05, 4.69) is 37.4 Å². The number of aromatic amines is 1. The number of hydrogen-bond acceptors (Lipinski definition) is 10. The molecule has 2 aromatic heterocycles. The second-order valence-corrected chi connectivity index (χ2v) is 9.00. The Hall–Kier alpha value is -4.36. The van der Waals surface area contributed by atoms with Crippen LogP contribution in [0.2, 0.25) is 5.15 Å². The van der Waals surface area contributed by atoms with Gasteiger partial charge in [-0.2, -0.15) is 5.21 Å². The van der Waals surface area contributed by atoms with Crippen molar-refractivity contribution in [1.82, 2.24) is 30.2 Å². The highest BCUT2D eigenvalue weighted by Crippen LogP contribution is 2.30. The van der Waals surface area contributed by atoms with Gasteiger partial charge in [0.15, 0.2) is 10.8 Å². The summed E-state index contributed by atoms with van der Waals surface area (Å²) in [5.41, 5.74) is 3.89. The molecule has 0 fully saturated rings. The van der Waals surface area contributed by atoms with Crippen LogP contribution in [0.1, 0.15) is 41.6 Å². The van der Waals surface area contributed by atoms with Gasteiger partial charge in [0.2, 0.25) is 5.82 Å². The maximum atomic E-state index is 13.0. The molecule has 210 valence electrons. The molecule has 0 aliphatic heterocycles. The number of benzene rings is 2. The molecule has 2 aromatic carbocycles. The van der Waals surface area contributed by atoms with Crippen LogP contribution in [0.25, 0.3) is 22.5 Å². The number of nitrogens with zero attached hydrogens (tertiary/aromatic N) is 6. The Morgan fingerprint density at radius 1 is 1.07 bits per heavy atom. The van der Waals surface area contributed by atoms with Gasteiger partial charge in [-0.15, -0.1) is 20.3 Å². The molecule has 0 aliphatic carbocycles. The molecule has 0 saturated heterocycles. The van der Waals surface area contributed by atoms with Gasteiger partial charge in [0.25, 0.3) is 5.09 Å². The molecular weight excluding hydrogens is 542 g/mol. The Labute approximate surface area is 234 Å². The van der Waals surface area contributed by atoms with Crippen molar-refractivity contribution in [2.24, 2.45) is 0 Å². The minimum atomic E-state index is -0.897. The number of nitrogens with one attached hydrogen (secondary N) is 1. The smallest absolute Gasteiger partial charge is 0.358 e. The average molecular weight is 570 g/mol. The van der Waals surface area contributed by atoms with Crippen molar-refractivity contribution in [2.45, 2.75) is 32.7 Å². The lowest BCUT2D eigenvalue weighted by Crippen LogP contribution is -2.18. The molecule has 0 saturated carbocycles. The Balaban J connectivity index is 1.48. The molecule has 0 bridgehead atoms. The zero-order valence-corrected chi connectivity index (χ0v) is 22.5. The fourth-order valence-corrected chi connectivity index (χ4v) is 4.35. The molecule has 1 N–H and O–H groups in total. The van der Waals surface area contributed by atoms with Gasteiger partial charge < -0.3 is 18.9 Å². The van der Waals surface area contributed by atoms with Gasteiger partial charge >= 0.3 is 5.97 Å². The number of tetrazole rings is 1. The summed E-state index contributed by atoms with van der Waals surface area (Å²) in [5.74, 6) is 0.571. The summed E-state index contributed by atoms with van der Waals surface area (Å²) in [7, 11) is 0. The number of halogens is 1. The molecule has 40 heavy (non-hydrogen) atoms. The molecule has 0 aliphatic rings. The minimum Gasteiger partial charge on any atom is -0.458 e. The van der Waals surface area contributed by atoms with E-state index in [-0.39, 0.29) is 37.3 Å². The zero-order chi connectivity index (χ0) is 28.3. The SMILES string of the molecule is CCCCc1nc(Cl)c(C(=O)OCCOCCO[N+](=O)[O-])n1Cc1ccc(-c2ccccc2-c2nn[nH]n2)cc1. The number of aryl methyl sites for hydroxylation is 1. The quantitative estimate of drug-likeness (QED) is 0.0952. The van der Waals surface area contributed by atoms with Crippen LogP contribution in [0, 0.1) is 10.1 Å². The van der Waals surface area contributed by atoms with Crippen molar-refractivity contribution in [3.05, 3.63) is 80.9 Å². The number of esters is 1. The normalized spacial score (nSPS) is 10.9. The van der Waals surface area contributed by atoms with Crippen LogP contribution < -0.4 is 0 Å². The number of aromatic nitrogens is 6. The van der Waals surface area contributed by atoms with E-state index in [4.69, 9.17) is 21.1 Å². The maximum Gasteiger partial charge on any atom is 0.358 e. The Morgan fingerprint density at radius 3 is 2.52 bits per heavy atom. The molecule has 0 atom stereocenters. The number of carbonyl (C=O) groups excluding carboxylic acids is 1. The van der Waals surface area contributed by atoms with Crippen molar-refractivity contribution in [3.63, 3.8) is 0 Å². The van der Waals surface area contributed by atoms with Crippen molar-refractivity contribution < 1.29 is 24.2 Å². The summed E-state index contributed by atoms with van der Waals surface area (Å²) in [4.78, 5) is 31.8. The van der Waals surface area contributed by atoms with E-state index in [1.807, 2.05) is 48.5 Å². The van der Waals surface area contributed by atoms with Gasteiger partial charge in [0, 0.05) is 18.5 Å². The second kappa shape index (κ2) is 14.1. The summed E-state index contributed by atoms with van der Waals surface area (Å²) < 4.78 is 12.3. The molecule has 0 radical (unpaired) electrons. The fraction of sp³-hybridized carbons (Fsp3) is 0.346. The fourth-order valence-electron chi connectivity index (χ4n) is 4.07. The molecule has 14 heteroatoms. The molecule has 0 unspecified atom stereocenters. The van der Waals surface area contributed by atoms with Crippen LogP contribution in [-0.4, -0.2) is 67.7 Å². The molecule has 13 nitrogen and oxygen atoms in total. The highest BCUT2D eigenvalue weighted by Gasteiger charge is 2.23. The predicted molar refractivity (Wildman–Crippen MR) is 144 cm³/mol. The third-order valence-electron chi connectivity index (χ3n) is 5.96. The summed E-state index contributed by atoms with van der Waals surface area (Å²) in [5, 5.41) is 23.7. The highest BCUT2D eigenvalue weighted by molar-refractivity contribution is 6.32. The van der Waals surface area contributed by atoms with Gasteiger partial charge in [-0.1, -0.05) is 73.5 Å². The van der Waals surface area contributed by atoms with Crippen molar-refractivity contribution >= 4 is 17.6 Å². The molecule has 4 aromatic rings. The van der Waals surface area contributed by atoms with Crippen LogP contribution in [0.5, 0.6) is 0 Å². The third-order valence-corrected chi connectivity index (χ3v) is 6.22. The average Bonchev–Trinajstić information content (AvgIpc) is 3.60. The van der Waals surface area contributed by atoms with E-state index in [9.17, 15) is 14.9 Å². The lowest BCUT2D eigenvalue weighted by Gasteiger charge is -2.13. The first-order valence-electron chi connectivity index (χ1n) is 12.7. The number of unbranched alkanes of at least 4 members (excludes halogenated alkanes) is 1. The monoisotopic (exact) mass is 569 g/mol. The summed E-state index contributed by atoms with van der Waals surface area (Å²) in [6.45, 7) is 2.22. The van der Waals surface area contributed by atoms with Crippen LogP contribution in [0.15, 0.2) is 48.5 Å². The van der Waals surface area contributed by atoms with Crippen LogP contribution in [0.4, 0.5) is 0 Å². The van der Waals surface area contributed by atoms with Gasteiger partial charge in [-0.05, 0) is 28.3 Å². The zero-order valence-electron chi connectivity index (χ0n) is 21.8. The number of ether oxygens (including phenoxy) is 2. The molecule has 0 spiro atoms. The van der Waals surface area contributed by atoms with Crippen molar-refractivity contribution in [2.75, 3.05) is 26.4 Å². The minimum absolute atomic E-state index is 0.00599. The van der Waals surface area contributed by atoms with Crippen LogP contribution in [0.3, 0.4) is 0 Å².